The van der Waals surface area contributed by atoms with Crippen LogP contribution in [0.3, 0.4) is 0 Å². The van der Waals surface area contributed by atoms with Crippen LogP contribution in [-0.4, -0.2) is 37.0 Å². The van der Waals surface area contributed by atoms with E-state index in [0.29, 0.717) is 27.0 Å². The van der Waals surface area contributed by atoms with Gasteiger partial charge in [0.25, 0.3) is 10.0 Å². The third kappa shape index (κ3) is 6.51. The van der Waals surface area contributed by atoms with Crippen molar-refractivity contribution in [2.45, 2.75) is 37.4 Å². The number of hydrogen-bond acceptors (Lipinski definition) is 5. The summed E-state index contributed by atoms with van der Waals surface area (Å²) in [5.74, 6) is -0.224. The molecule has 0 unspecified atom stereocenters. The van der Waals surface area contributed by atoms with Crippen LogP contribution in [0.5, 0.6) is 5.75 Å². The number of aliphatic carboxylic acids is 1. The van der Waals surface area contributed by atoms with Crippen molar-refractivity contribution in [2.75, 3.05) is 13.2 Å². The maximum absolute atomic E-state index is 13.9. The number of benzene rings is 3. The Balaban J connectivity index is 1.55. The zero-order chi connectivity index (χ0) is 26.6. The first-order valence-electron chi connectivity index (χ1n) is 11.8. The Labute approximate surface area is 226 Å². The maximum atomic E-state index is 13.9. The summed E-state index contributed by atoms with van der Waals surface area (Å²) < 4.78 is 36.3. The van der Waals surface area contributed by atoms with Crippen LogP contribution in [0.2, 0.25) is 5.02 Å². The number of nitrogens with zero attached hydrogens (tertiary/aromatic N) is 1. The van der Waals surface area contributed by atoms with Gasteiger partial charge >= 0.3 is 5.97 Å². The van der Waals surface area contributed by atoms with Gasteiger partial charge in [-0.3, -0.25) is 4.79 Å². The highest BCUT2D eigenvalue weighted by Crippen LogP contribution is 2.37. The molecule has 1 N–H and O–H groups in total. The van der Waals surface area contributed by atoms with Gasteiger partial charge in [0.1, 0.15) is 16.6 Å². The monoisotopic (exact) mass is 557 g/mol. The third-order valence-corrected chi connectivity index (χ3v) is 10.1. The Morgan fingerprint density at radius 2 is 1.81 bits per heavy atom. The summed E-state index contributed by atoms with van der Waals surface area (Å²) in [5.41, 5.74) is 3.45. The van der Waals surface area contributed by atoms with Crippen LogP contribution < -0.4 is 4.74 Å². The molecule has 37 heavy (non-hydrogen) atoms. The molecule has 0 amide bonds. The van der Waals surface area contributed by atoms with Crippen LogP contribution in [0.1, 0.15) is 28.7 Å². The van der Waals surface area contributed by atoms with E-state index < -0.39 is 16.0 Å². The minimum Gasteiger partial charge on any atom is -0.492 e. The average molecular weight is 558 g/mol. The summed E-state index contributed by atoms with van der Waals surface area (Å²) in [4.78, 5) is 10.9. The highest BCUT2D eigenvalue weighted by molar-refractivity contribution is 7.91. The Hall–Kier alpha value is -2.91. The number of hydrogen-bond donors (Lipinski definition) is 1. The number of halogens is 1. The largest absolute Gasteiger partial charge is 0.492 e. The first kappa shape index (κ1) is 27.1. The van der Waals surface area contributed by atoms with Crippen molar-refractivity contribution >= 4 is 49.0 Å². The van der Waals surface area contributed by atoms with E-state index in [0.717, 1.165) is 26.8 Å². The molecule has 9 heteroatoms. The Kier molecular flexibility index (Phi) is 8.54. The minimum absolute atomic E-state index is 0.0662. The van der Waals surface area contributed by atoms with E-state index in [1.165, 1.54) is 15.6 Å². The number of rotatable bonds is 11. The summed E-state index contributed by atoms with van der Waals surface area (Å²) in [6.07, 6.45) is 0.515. The smallest absolute Gasteiger partial charge is 0.303 e. The van der Waals surface area contributed by atoms with Gasteiger partial charge in [-0.15, -0.1) is 11.3 Å². The predicted octanol–water partition coefficient (Wildman–Crippen LogP) is 6.46. The highest BCUT2D eigenvalue weighted by Gasteiger charge is 2.29. The van der Waals surface area contributed by atoms with Crippen LogP contribution in [0, 0.1) is 13.8 Å². The predicted molar refractivity (Wildman–Crippen MR) is 148 cm³/mol. The second-order valence-electron chi connectivity index (χ2n) is 8.81. The standard InChI is InChI=1S/C28H28ClNO5S2/c1-19-16-24(11-8-22(19)9-13-27(31)32)35-15-14-30(18-21-6-4-3-5-7-21)37(33,34)28-20(2)25-17-23(29)10-12-26(25)36-28/h3-8,10-12,16-17H,9,13-15,18H2,1-2H3,(H,31,32). The molecular weight excluding hydrogens is 530 g/mol. The molecule has 0 saturated heterocycles. The van der Waals surface area contributed by atoms with Crippen molar-refractivity contribution in [3.8, 4) is 5.75 Å². The molecule has 194 valence electrons. The van der Waals surface area contributed by atoms with Gasteiger partial charge < -0.3 is 9.84 Å². The Bertz CT molecular complexity index is 1520. The molecule has 1 heterocycles. The van der Waals surface area contributed by atoms with Gasteiger partial charge in [0, 0.05) is 29.2 Å². The quantitative estimate of drug-likeness (QED) is 0.229. The van der Waals surface area contributed by atoms with Gasteiger partial charge in [-0.05, 0) is 78.2 Å². The summed E-state index contributed by atoms with van der Waals surface area (Å²) >= 11 is 7.41. The molecule has 0 aliphatic carbocycles. The zero-order valence-electron chi connectivity index (χ0n) is 20.6. The maximum Gasteiger partial charge on any atom is 0.303 e. The number of fused-ring (bicyclic) bond motifs is 1. The summed E-state index contributed by atoms with van der Waals surface area (Å²) in [6, 6.07) is 20.4. The van der Waals surface area contributed by atoms with E-state index in [4.69, 9.17) is 21.4 Å². The summed E-state index contributed by atoms with van der Waals surface area (Å²) in [5, 5.41) is 10.3. The van der Waals surface area contributed by atoms with Gasteiger partial charge in [-0.1, -0.05) is 48.0 Å². The number of sulfonamides is 1. The van der Waals surface area contributed by atoms with Gasteiger partial charge in [0.15, 0.2) is 0 Å². The topological polar surface area (TPSA) is 83.9 Å². The minimum atomic E-state index is -3.82. The lowest BCUT2D eigenvalue weighted by Crippen LogP contribution is -2.34. The Morgan fingerprint density at radius 3 is 2.51 bits per heavy atom. The normalized spacial score (nSPS) is 11.8. The van der Waals surface area contributed by atoms with Crippen molar-refractivity contribution in [2.24, 2.45) is 0 Å². The fourth-order valence-corrected chi connectivity index (χ4v) is 7.62. The molecule has 1 aromatic heterocycles. The fourth-order valence-electron chi connectivity index (χ4n) is 4.15. The van der Waals surface area contributed by atoms with Crippen molar-refractivity contribution in [1.29, 1.82) is 0 Å². The molecule has 0 radical (unpaired) electrons. The molecule has 0 saturated carbocycles. The van der Waals surface area contributed by atoms with Crippen LogP contribution in [0.25, 0.3) is 10.1 Å². The number of carboxylic acids is 1. The Morgan fingerprint density at radius 1 is 1.05 bits per heavy atom. The number of carboxylic acid groups (broad SMARTS) is 1. The van der Waals surface area contributed by atoms with E-state index in [-0.39, 0.29) is 26.1 Å². The molecule has 0 aliphatic rings. The molecule has 4 aromatic rings. The molecule has 3 aromatic carbocycles. The molecule has 6 nitrogen and oxygen atoms in total. The first-order chi connectivity index (χ1) is 17.6. The molecular formula is C28H28ClNO5S2. The van der Waals surface area contributed by atoms with Gasteiger partial charge in [-0.25, -0.2) is 8.42 Å². The molecule has 0 bridgehead atoms. The SMILES string of the molecule is Cc1cc(OCCN(Cc2ccccc2)S(=O)(=O)c2sc3ccc(Cl)cc3c2C)ccc1CCC(=O)O. The van der Waals surface area contributed by atoms with E-state index in [2.05, 4.69) is 0 Å². The lowest BCUT2D eigenvalue weighted by atomic mass is 10.0. The number of ether oxygens (including phenoxy) is 1. The number of carbonyl (C=O) groups is 1. The van der Waals surface area contributed by atoms with E-state index in [1.54, 1.807) is 18.2 Å². The molecule has 0 atom stereocenters. The van der Waals surface area contributed by atoms with Crippen molar-refractivity contribution < 1.29 is 23.1 Å². The van der Waals surface area contributed by atoms with Crippen molar-refractivity contribution in [3.05, 3.63) is 94.0 Å². The second kappa shape index (κ2) is 11.6. The van der Waals surface area contributed by atoms with Gasteiger partial charge in [0.2, 0.25) is 0 Å². The van der Waals surface area contributed by atoms with E-state index in [1.807, 2.05) is 62.4 Å². The fraction of sp³-hybridized carbons (Fsp3) is 0.250. The number of thiophene rings is 1. The zero-order valence-corrected chi connectivity index (χ0v) is 23.0. The van der Waals surface area contributed by atoms with Crippen LogP contribution in [0.4, 0.5) is 0 Å². The van der Waals surface area contributed by atoms with Crippen LogP contribution in [-0.2, 0) is 27.8 Å². The van der Waals surface area contributed by atoms with Gasteiger partial charge in [-0.2, -0.15) is 4.31 Å². The highest BCUT2D eigenvalue weighted by atomic mass is 35.5. The molecule has 0 aliphatic heterocycles. The second-order valence-corrected chi connectivity index (χ2v) is 12.4. The third-order valence-electron chi connectivity index (χ3n) is 6.16. The van der Waals surface area contributed by atoms with E-state index >= 15 is 0 Å². The summed E-state index contributed by atoms with van der Waals surface area (Å²) in [6.45, 7) is 4.26. The average Bonchev–Trinajstić information content (AvgIpc) is 3.20. The van der Waals surface area contributed by atoms with Crippen molar-refractivity contribution in [3.63, 3.8) is 0 Å². The van der Waals surface area contributed by atoms with Crippen LogP contribution >= 0.6 is 22.9 Å². The van der Waals surface area contributed by atoms with E-state index in [9.17, 15) is 13.2 Å². The number of aryl methyl sites for hydroxylation is 3. The van der Waals surface area contributed by atoms with Gasteiger partial charge in [0.05, 0.1) is 0 Å². The first-order valence-corrected chi connectivity index (χ1v) is 14.5. The molecule has 4 rings (SSSR count). The molecule has 0 fully saturated rings. The lowest BCUT2D eigenvalue weighted by Gasteiger charge is -2.22. The van der Waals surface area contributed by atoms with Crippen molar-refractivity contribution in [1.82, 2.24) is 4.31 Å². The lowest BCUT2D eigenvalue weighted by molar-refractivity contribution is -0.136. The van der Waals surface area contributed by atoms with Crippen LogP contribution in [0.15, 0.2) is 70.9 Å². The molecule has 0 spiro atoms. The summed E-state index contributed by atoms with van der Waals surface area (Å²) in [7, 11) is -3.82.